The van der Waals surface area contributed by atoms with Crippen LogP contribution >= 0.6 is 0 Å². The van der Waals surface area contributed by atoms with Crippen LogP contribution in [0.25, 0.3) is 0 Å². The highest BCUT2D eigenvalue weighted by molar-refractivity contribution is 5.90. The van der Waals surface area contributed by atoms with Gasteiger partial charge in [-0.2, -0.15) is 5.10 Å². The first-order valence-corrected chi connectivity index (χ1v) is 5.73. The number of carbonyl (C=O) groups excluding carboxylic acids is 1. The third-order valence-electron chi connectivity index (χ3n) is 2.70. The molecule has 0 saturated carbocycles. The van der Waals surface area contributed by atoms with Crippen molar-refractivity contribution in [2.24, 2.45) is 0 Å². The second kappa shape index (κ2) is 5.39. The molecule has 1 aromatic carbocycles. The Bertz CT molecular complexity index is 665. The van der Waals surface area contributed by atoms with Crippen LogP contribution in [0.15, 0.2) is 30.5 Å². The smallest absolute Gasteiger partial charge is 0.309 e. The molecule has 0 aliphatic heterocycles. The average molecular weight is 276 g/mol. The van der Waals surface area contributed by atoms with Crippen LogP contribution in [0.4, 0.5) is 11.4 Å². The number of nitrogens with zero attached hydrogens (tertiary/aromatic N) is 3. The maximum absolute atomic E-state index is 11.8. The van der Waals surface area contributed by atoms with Crippen molar-refractivity contribution in [3.63, 3.8) is 0 Å². The second-order valence-corrected chi connectivity index (χ2v) is 4.13. The van der Waals surface area contributed by atoms with Crippen molar-refractivity contribution in [3.8, 4) is 5.75 Å². The van der Waals surface area contributed by atoms with E-state index >= 15 is 0 Å². The van der Waals surface area contributed by atoms with E-state index in [1.807, 2.05) is 0 Å². The van der Waals surface area contributed by atoms with Crippen LogP contribution in [0.2, 0.25) is 0 Å². The molecule has 2 aromatic rings. The minimum Gasteiger partial charge on any atom is -0.508 e. The number of nitro groups is 1. The van der Waals surface area contributed by atoms with E-state index in [-0.39, 0.29) is 18.0 Å². The SMILES string of the molecule is Cc1c([N+](=O)[O-])cnn1CC(=O)Nc1cccc(O)c1. The summed E-state index contributed by atoms with van der Waals surface area (Å²) >= 11 is 0. The summed E-state index contributed by atoms with van der Waals surface area (Å²) in [7, 11) is 0. The maximum atomic E-state index is 11.8. The van der Waals surface area contributed by atoms with E-state index in [0.29, 0.717) is 11.4 Å². The Hall–Kier alpha value is -2.90. The number of benzene rings is 1. The third-order valence-corrected chi connectivity index (χ3v) is 2.70. The van der Waals surface area contributed by atoms with Crippen LogP contribution < -0.4 is 5.32 Å². The summed E-state index contributed by atoms with van der Waals surface area (Å²) in [5.74, 6) is -0.356. The van der Waals surface area contributed by atoms with Gasteiger partial charge in [-0.15, -0.1) is 0 Å². The fourth-order valence-electron chi connectivity index (χ4n) is 1.70. The number of aromatic nitrogens is 2. The lowest BCUT2D eigenvalue weighted by Crippen LogP contribution is -2.20. The predicted molar refractivity (Wildman–Crippen MR) is 70.4 cm³/mol. The highest BCUT2D eigenvalue weighted by Crippen LogP contribution is 2.17. The van der Waals surface area contributed by atoms with Crippen LogP contribution in [0.1, 0.15) is 5.69 Å². The summed E-state index contributed by atoms with van der Waals surface area (Å²) in [6, 6.07) is 6.10. The van der Waals surface area contributed by atoms with Gasteiger partial charge >= 0.3 is 5.69 Å². The summed E-state index contributed by atoms with van der Waals surface area (Å²) in [4.78, 5) is 21.9. The fourth-order valence-corrected chi connectivity index (χ4v) is 1.70. The molecule has 8 nitrogen and oxygen atoms in total. The van der Waals surface area contributed by atoms with Gasteiger partial charge in [0.1, 0.15) is 24.2 Å². The quantitative estimate of drug-likeness (QED) is 0.648. The molecule has 0 spiro atoms. The molecule has 1 aromatic heterocycles. The average Bonchev–Trinajstić information content (AvgIpc) is 2.71. The van der Waals surface area contributed by atoms with Crippen molar-refractivity contribution in [3.05, 3.63) is 46.3 Å². The topological polar surface area (TPSA) is 110 Å². The first-order chi connectivity index (χ1) is 9.47. The lowest BCUT2D eigenvalue weighted by molar-refractivity contribution is -0.385. The van der Waals surface area contributed by atoms with E-state index in [0.717, 1.165) is 6.20 Å². The molecule has 8 heteroatoms. The Morgan fingerprint density at radius 3 is 2.90 bits per heavy atom. The Morgan fingerprint density at radius 2 is 2.30 bits per heavy atom. The first kappa shape index (κ1) is 13.5. The lowest BCUT2D eigenvalue weighted by atomic mass is 10.3. The van der Waals surface area contributed by atoms with Crippen LogP contribution in [0.3, 0.4) is 0 Å². The van der Waals surface area contributed by atoms with Gasteiger partial charge in [0, 0.05) is 11.8 Å². The number of hydrogen-bond donors (Lipinski definition) is 2. The Kier molecular flexibility index (Phi) is 3.65. The molecule has 2 N–H and O–H groups in total. The van der Waals surface area contributed by atoms with E-state index in [2.05, 4.69) is 10.4 Å². The monoisotopic (exact) mass is 276 g/mol. The largest absolute Gasteiger partial charge is 0.508 e. The van der Waals surface area contributed by atoms with Crippen molar-refractivity contribution in [2.75, 3.05) is 5.32 Å². The molecule has 0 bridgehead atoms. The molecule has 0 aliphatic rings. The zero-order valence-corrected chi connectivity index (χ0v) is 10.6. The van der Waals surface area contributed by atoms with Crippen molar-refractivity contribution >= 4 is 17.3 Å². The number of anilines is 1. The Morgan fingerprint density at radius 1 is 1.55 bits per heavy atom. The standard InChI is InChI=1S/C12H12N4O4/c1-8-11(16(19)20)6-13-15(8)7-12(18)14-9-3-2-4-10(17)5-9/h2-6,17H,7H2,1H3,(H,14,18). The summed E-state index contributed by atoms with van der Waals surface area (Å²) in [6.07, 6.45) is 1.11. The molecule has 0 unspecified atom stereocenters. The van der Waals surface area contributed by atoms with Gasteiger partial charge in [0.05, 0.1) is 4.92 Å². The van der Waals surface area contributed by atoms with Gasteiger partial charge in [0.25, 0.3) is 0 Å². The molecular formula is C12H12N4O4. The molecule has 0 saturated heterocycles. The Balaban J connectivity index is 2.07. The molecule has 104 valence electrons. The summed E-state index contributed by atoms with van der Waals surface area (Å²) < 4.78 is 1.25. The molecule has 2 rings (SSSR count). The Labute approximate surface area is 113 Å². The molecule has 1 heterocycles. The number of nitrogens with one attached hydrogen (secondary N) is 1. The summed E-state index contributed by atoms with van der Waals surface area (Å²) in [5, 5.41) is 26.3. The number of amides is 1. The number of phenols is 1. The predicted octanol–water partition coefficient (Wildman–Crippen LogP) is 1.44. The van der Waals surface area contributed by atoms with Crippen molar-refractivity contribution in [2.45, 2.75) is 13.5 Å². The molecule has 0 radical (unpaired) electrons. The van der Waals surface area contributed by atoms with Gasteiger partial charge < -0.3 is 10.4 Å². The van der Waals surface area contributed by atoms with Crippen LogP contribution in [-0.4, -0.2) is 25.7 Å². The molecular weight excluding hydrogens is 264 g/mol. The van der Waals surface area contributed by atoms with Crippen molar-refractivity contribution in [1.29, 1.82) is 0 Å². The van der Waals surface area contributed by atoms with Crippen LogP contribution in [-0.2, 0) is 11.3 Å². The van der Waals surface area contributed by atoms with Gasteiger partial charge in [-0.1, -0.05) is 6.07 Å². The number of aromatic hydroxyl groups is 1. The number of carbonyl (C=O) groups is 1. The number of rotatable bonds is 4. The lowest BCUT2D eigenvalue weighted by Gasteiger charge is -2.06. The minimum absolute atomic E-state index is 0.0358. The van der Waals surface area contributed by atoms with Crippen LogP contribution in [0, 0.1) is 17.0 Å². The van der Waals surface area contributed by atoms with Gasteiger partial charge in [0.15, 0.2) is 0 Å². The molecule has 0 atom stereocenters. The van der Waals surface area contributed by atoms with Gasteiger partial charge in [-0.05, 0) is 19.1 Å². The van der Waals surface area contributed by atoms with E-state index in [4.69, 9.17) is 0 Å². The molecule has 0 aliphatic carbocycles. The van der Waals surface area contributed by atoms with Crippen molar-refractivity contribution in [1.82, 2.24) is 9.78 Å². The second-order valence-electron chi connectivity index (χ2n) is 4.13. The minimum atomic E-state index is -0.550. The van der Waals surface area contributed by atoms with E-state index < -0.39 is 10.8 Å². The van der Waals surface area contributed by atoms with Crippen molar-refractivity contribution < 1.29 is 14.8 Å². The highest BCUT2D eigenvalue weighted by atomic mass is 16.6. The van der Waals surface area contributed by atoms with Gasteiger partial charge in [-0.25, -0.2) is 0 Å². The zero-order valence-electron chi connectivity index (χ0n) is 10.6. The maximum Gasteiger partial charge on any atom is 0.309 e. The van der Waals surface area contributed by atoms with E-state index in [1.54, 1.807) is 12.1 Å². The first-order valence-electron chi connectivity index (χ1n) is 5.73. The highest BCUT2D eigenvalue weighted by Gasteiger charge is 2.17. The molecule has 1 amide bonds. The third kappa shape index (κ3) is 2.91. The number of phenolic OH excluding ortho intramolecular Hbond substituents is 1. The number of hydrogen-bond acceptors (Lipinski definition) is 5. The van der Waals surface area contributed by atoms with Crippen LogP contribution in [0.5, 0.6) is 5.75 Å². The van der Waals surface area contributed by atoms with Gasteiger partial charge in [-0.3, -0.25) is 19.6 Å². The summed E-state index contributed by atoms with van der Waals surface area (Å²) in [5.41, 5.74) is 0.616. The van der Waals surface area contributed by atoms with Gasteiger partial charge in [0.2, 0.25) is 5.91 Å². The summed E-state index contributed by atoms with van der Waals surface area (Å²) in [6.45, 7) is 1.38. The molecule has 20 heavy (non-hydrogen) atoms. The fraction of sp³-hybridized carbons (Fsp3) is 0.167. The normalized spacial score (nSPS) is 10.2. The molecule has 0 fully saturated rings. The van der Waals surface area contributed by atoms with E-state index in [9.17, 15) is 20.0 Å². The van der Waals surface area contributed by atoms with E-state index in [1.165, 1.54) is 23.7 Å². The zero-order chi connectivity index (χ0) is 14.7.